The zero-order valence-electron chi connectivity index (χ0n) is 7.26. The van der Waals surface area contributed by atoms with Crippen molar-refractivity contribution in [3.05, 3.63) is 17.2 Å². The quantitative estimate of drug-likeness (QED) is 0.691. The molecule has 66 valence electrons. The summed E-state index contributed by atoms with van der Waals surface area (Å²) >= 11 is 5.97. The van der Waals surface area contributed by atoms with Gasteiger partial charge in [0.25, 0.3) is 0 Å². The van der Waals surface area contributed by atoms with Crippen LogP contribution in [0.25, 0.3) is 0 Å². The molecule has 1 aliphatic carbocycles. The summed E-state index contributed by atoms with van der Waals surface area (Å²) in [5, 5.41) is 0.777. The van der Waals surface area contributed by atoms with E-state index in [1.54, 1.807) is 6.20 Å². The molecule has 0 bridgehead atoms. The lowest BCUT2D eigenvalue weighted by Gasteiger charge is -2.25. The van der Waals surface area contributed by atoms with Crippen molar-refractivity contribution in [2.75, 3.05) is 0 Å². The minimum atomic E-state index is 0.678. The molecule has 0 spiro atoms. The van der Waals surface area contributed by atoms with Crippen molar-refractivity contribution < 1.29 is 0 Å². The minimum absolute atomic E-state index is 0.678. The maximum atomic E-state index is 5.97. The molecule has 3 heteroatoms. The monoisotopic (exact) mass is 184 g/mol. The van der Waals surface area contributed by atoms with Crippen LogP contribution in [0.15, 0.2) is 6.20 Å². The zero-order chi connectivity index (χ0) is 8.55. The molecule has 2 rings (SSSR count). The Morgan fingerprint density at radius 3 is 2.92 bits per heavy atom. The number of halogens is 1. The van der Waals surface area contributed by atoms with Crippen LogP contribution in [0.1, 0.15) is 37.9 Å². The predicted octanol–water partition coefficient (Wildman–Crippen LogP) is 2.82. The van der Waals surface area contributed by atoms with Crippen LogP contribution in [0, 0.1) is 0 Å². The van der Waals surface area contributed by atoms with Gasteiger partial charge < -0.3 is 4.57 Å². The number of imidazole rings is 1. The second kappa shape index (κ2) is 3.09. The fourth-order valence-corrected chi connectivity index (χ4v) is 1.93. The predicted molar refractivity (Wildman–Crippen MR) is 49.5 cm³/mol. The van der Waals surface area contributed by atoms with E-state index in [1.165, 1.54) is 25.1 Å². The molecule has 1 aromatic heterocycles. The summed E-state index contributed by atoms with van der Waals surface area (Å²) < 4.78 is 2.10. The number of aromatic nitrogens is 2. The molecular formula is C9H13ClN2. The maximum Gasteiger partial charge on any atom is 0.128 e. The van der Waals surface area contributed by atoms with Gasteiger partial charge in [0.15, 0.2) is 0 Å². The van der Waals surface area contributed by atoms with E-state index in [-0.39, 0.29) is 0 Å². The van der Waals surface area contributed by atoms with Gasteiger partial charge in [0.05, 0.1) is 6.20 Å². The van der Waals surface area contributed by atoms with Crippen molar-refractivity contribution in [1.29, 1.82) is 0 Å². The molecule has 12 heavy (non-hydrogen) atoms. The van der Waals surface area contributed by atoms with Gasteiger partial charge in [-0.3, -0.25) is 0 Å². The second-order valence-electron chi connectivity index (χ2n) is 3.31. The summed E-state index contributed by atoms with van der Waals surface area (Å²) in [7, 11) is 0. The van der Waals surface area contributed by atoms with E-state index in [0.717, 1.165) is 11.7 Å². The number of hydrogen-bond acceptors (Lipinski definition) is 1. The van der Waals surface area contributed by atoms with Gasteiger partial charge in [-0.05, 0) is 19.8 Å². The molecule has 1 aromatic rings. The standard InChI is InChI=1S/C9H13ClN2/c1-2-12-8(10)6-11-9(12)7-4-3-5-7/h6-7H,2-5H2,1H3. The summed E-state index contributed by atoms with van der Waals surface area (Å²) in [6, 6.07) is 0. The highest BCUT2D eigenvalue weighted by Gasteiger charge is 2.24. The highest BCUT2D eigenvalue weighted by Crippen LogP contribution is 2.36. The Labute approximate surface area is 77.6 Å². The van der Waals surface area contributed by atoms with Crippen LogP contribution in [-0.4, -0.2) is 9.55 Å². The molecule has 0 N–H and O–H groups in total. The molecule has 0 saturated heterocycles. The molecule has 0 aromatic carbocycles. The third-order valence-electron chi connectivity index (χ3n) is 2.62. The highest BCUT2D eigenvalue weighted by molar-refractivity contribution is 6.29. The molecule has 1 saturated carbocycles. The maximum absolute atomic E-state index is 5.97. The summed E-state index contributed by atoms with van der Waals surface area (Å²) in [4.78, 5) is 4.34. The normalized spacial score (nSPS) is 17.8. The van der Waals surface area contributed by atoms with E-state index < -0.39 is 0 Å². The van der Waals surface area contributed by atoms with Crippen LogP contribution < -0.4 is 0 Å². The molecule has 0 unspecified atom stereocenters. The highest BCUT2D eigenvalue weighted by atomic mass is 35.5. The first kappa shape index (κ1) is 8.11. The molecular weight excluding hydrogens is 172 g/mol. The lowest BCUT2D eigenvalue weighted by atomic mass is 9.85. The van der Waals surface area contributed by atoms with Gasteiger partial charge in [0, 0.05) is 12.5 Å². The van der Waals surface area contributed by atoms with Gasteiger partial charge in [0.2, 0.25) is 0 Å². The topological polar surface area (TPSA) is 17.8 Å². The minimum Gasteiger partial charge on any atom is -0.319 e. The first-order valence-corrected chi connectivity index (χ1v) is 4.91. The summed E-state index contributed by atoms with van der Waals surface area (Å²) in [5.74, 6) is 1.87. The molecule has 1 aliphatic rings. The molecule has 1 fully saturated rings. The third-order valence-corrected chi connectivity index (χ3v) is 2.93. The first-order chi connectivity index (χ1) is 5.83. The summed E-state index contributed by atoms with van der Waals surface area (Å²) in [6.07, 6.45) is 5.68. The van der Waals surface area contributed by atoms with Crippen LogP contribution in [0.5, 0.6) is 0 Å². The van der Waals surface area contributed by atoms with Crippen LogP contribution >= 0.6 is 11.6 Å². The van der Waals surface area contributed by atoms with Crippen LogP contribution in [0.2, 0.25) is 5.15 Å². The molecule has 0 radical (unpaired) electrons. The Hall–Kier alpha value is -0.500. The van der Waals surface area contributed by atoms with Crippen LogP contribution in [0.4, 0.5) is 0 Å². The Morgan fingerprint density at radius 2 is 2.42 bits per heavy atom. The fraction of sp³-hybridized carbons (Fsp3) is 0.667. The van der Waals surface area contributed by atoms with E-state index in [1.807, 2.05) is 0 Å². The Balaban J connectivity index is 2.29. The molecule has 1 heterocycles. The van der Waals surface area contributed by atoms with E-state index in [0.29, 0.717) is 5.92 Å². The Kier molecular flexibility index (Phi) is 2.09. The van der Waals surface area contributed by atoms with E-state index >= 15 is 0 Å². The van der Waals surface area contributed by atoms with Gasteiger partial charge in [-0.2, -0.15) is 0 Å². The lowest BCUT2D eigenvalue weighted by molar-refractivity contribution is 0.389. The molecule has 2 nitrogen and oxygen atoms in total. The van der Waals surface area contributed by atoms with Crippen molar-refractivity contribution >= 4 is 11.6 Å². The molecule has 0 atom stereocenters. The van der Waals surface area contributed by atoms with Crippen molar-refractivity contribution in [3.8, 4) is 0 Å². The third kappa shape index (κ3) is 1.14. The largest absolute Gasteiger partial charge is 0.319 e. The fourth-order valence-electron chi connectivity index (χ4n) is 1.67. The lowest BCUT2D eigenvalue weighted by Crippen LogP contribution is -2.15. The average molecular weight is 185 g/mol. The van der Waals surface area contributed by atoms with Crippen molar-refractivity contribution in [1.82, 2.24) is 9.55 Å². The number of nitrogens with zero attached hydrogens (tertiary/aromatic N) is 2. The average Bonchev–Trinajstić information content (AvgIpc) is 2.29. The van der Waals surface area contributed by atoms with Gasteiger partial charge in [0.1, 0.15) is 11.0 Å². The van der Waals surface area contributed by atoms with Crippen molar-refractivity contribution in [3.63, 3.8) is 0 Å². The molecule has 0 aliphatic heterocycles. The summed E-state index contributed by atoms with van der Waals surface area (Å²) in [6.45, 7) is 3.04. The second-order valence-corrected chi connectivity index (χ2v) is 3.70. The SMILES string of the molecule is CCn1c(Cl)cnc1C1CCC1. The number of rotatable bonds is 2. The van der Waals surface area contributed by atoms with E-state index in [4.69, 9.17) is 11.6 Å². The van der Waals surface area contributed by atoms with E-state index in [9.17, 15) is 0 Å². The van der Waals surface area contributed by atoms with Crippen LogP contribution in [-0.2, 0) is 6.54 Å². The van der Waals surface area contributed by atoms with E-state index in [2.05, 4.69) is 16.5 Å². The van der Waals surface area contributed by atoms with Crippen molar-refractivity contribution in [2.24, 2.45) is 0 Å². The summed E-state index contributed by atoms with van der Waals surface area (Å²) in [5.41, 5.74) is 0. The molecule has 0 amide bonds. The van der Waals surface area contributed by atoms with Gasteiger partial charge in [-0.1, -0.05) is 18.0 Å². The van der Waals surface area contributed by atoms with Gasteiger partial charge >= 0.3 is 0 Å². The first-order valence-electron chi connectivity index (χ1n) is 4.54. The zero-order valence-corrected chi connectivity index (χ0v) is 8.01. The van der Waals surface area contributed by atoms with Crippen molar-refractivity contribution in [2.45, 2.75) is 38.6 Å². The number of hydrogen-bond donors (Lipinski definition) is 0. The smallest absolute Gasteiger partial charge is 0.128 e. The Bertz CT molecular complexity index is 276. The van der Waals surface area contributed by atoms with Gasteiger partial charge in [-0.15, -0.1) is 0 Å². The van der Waals surface area contributed by atoms with Crippen LogP contribution in [0.3, 0.4) is 0 Å². The Morgan fingerprint density at radius 1 is 1.67 bits per heavy atom. The van der Waals surface area contributed by atoms with Gasteiger partial charge in [-0.25, -0.2) is 4.98 Å².